The summed E-state index contributed by atoms with van der Waals surface area (Å²) in [6.45, 7) is 0. The molecular weight excluding hydrogens is 182 g/mol. The van der Waals surface area contributed by atoms with E-state index in [1.54, 1.807) is 24.3 Å². The fourth-order valence-electron chi connectivity index (χ4n) is 1.27. The lowest BCUT2D eigenvalue weighted by molar-refractivity contribution is -0.360. The highest BCUT2D eigenvalue weighted by Crippen LogP contribution is 2.21. The molecule has 1 heterocycles. The Hall–Kier alpha value is -2.10. The van der Waals surface area contributed by atoms with Crippen LogP contribution in [0, 0.1) is 5.21 Å². The zero-order valence-electron chi connectivity index (χ0n) is 7.18. The Bertz CT molecular complexity index is 446. The molecule has 1 N–H and O–H groups in total. The molecule has 0 amide bonds. The maximum atomic E-state index is 11.2. The molecule has 0 bridgehead atoms. The van der Waals surface area contributed by atoms with Crippen molar-refractivity contribution in [1.82, 2.24) is 0 Å². The van der Waals surface area contributed by atoms with Gasteiger partial charge in [-0.05, 0) is 12.1 Å². The minimum absolute atomic E-state index is 0.219. The molecule has 1 aliphatic heterocycles. The summed E-state index contributed by atoms with van der Waals surface area (Å²) < 4.78 is 0.428. The van der Waals surface area contributed by atoms with Crippen LogP contribution >= 0.6 is 0 Å². The van der Waals surface area contributed by atoms with Crippen LogP contribution in [0.5, 0.6) is 0 Å². The second-order valence-electron chi connectivity index (χ2n) is 2.88. The first-order valence-electron chi connectivity index (χ1n) is 4.05. The number of benzene rings is 1. The first kappa shape index (κ1) is 8.50. The van der Waals surface area contributed by atoms with Crippen molar-refractivity contribution >= 4 is 17.4 Å². The van der Waals surface area contributed by atoms with E-state index in [-0.39, 0.29) is 5.71 Å². The highest BCUT2D eigenvalue weighted by molar-refractivity contribution is 6.41. The molecule has 0 saturated carbocycles. The van der Waals surface area contributed by atoms with Gasteiger partial charge in [-0.3, -0.25) is 0 Å². The summed E-state index contributed by atoms with van der Waals surface area (Å²) in [5.41, 5.74) is 0.902. The molecule has 0 aliphatic carbocycles. The molecule has 0 unspecified atom stereocenters. The highest BCUT2D eigenvalue weighted by atomic mass is 16.5. The van der Waals surface area contributed by atoms with Gasteiger partial charge in [0.05, 0.1) is 6.08 Å². The third-order valence-electron chi connectivity index (χ3n) is 2.00. The molecule has 0 atom stereocenters. The largest absolute Gasteiger partial charge is 0.618 e. The molecule has 0 fully saturated rings. The van der Waals surface area contributed by atoms with Gasteiger partial charge in [0.15, 0.2) is 0 Å². The summed E-state index contributed by atoms with van der Waals surface area (Å²) in [4.78, 5) is 10.4. The van der Waals surface area contributed by atoms with Crippen LogP contribution in [0.2, 0.25) is 0 Å². The maximum Gasteiger partial charge on any atom is 0.402 e. The van der Waals surface area contributed by atoms with Crippen LogP contribution < -0.4 is 0 Å². The van der Waals surface area contributed by atoms with Gasteiger partial charge in [-0.1, -0.05) is 18.2 Å². The molecule has 1 aliphatic rings. The molecule has 4 nitrogen and oxygen atoms in total. The van der Waals surface area contributed by atoms with Gasteiger partial charge >= 0.3 is 11.7 Å². The van der Waals surface area contributed by atoms with E-state index in [1.807, 2.05) is 6.07 Å². The van der Waals surface area contributed by atoms with Crippen molar-refractivity contribution in [2.75, 3.05) is 0 Å². The SMILES string of the molecule is O=C(O)C1=[N+]([O-])C(c2ccccc2)=C1. The van der Waals surface area contributed by atoms with E-state index >= 15 is 0 Å². The lowest BCUT2D eigenvalue weighted by atomic mass is 10.1. The molecule has 70 valence electrons. The molecule has 4 heteroatoms. The number of hydrogen-bond donors (Lipinski definition) is 1. The van der Waals surface area contributed by atoms with Crippen LogP contribution in [0.1, 0.15) is 5.56 Å². The number of rotatable bonds is 2. The average molecular weight is 189 g/mol. The van der Waals surface area contributed by atoms with Crippen LogP contribution in [-0.2, 0) is 4.79 Å². The van der Waals surface area contributed by atoms with Gasteiger partial charge in [0.1, 0.15) is 0 Å². The van der Waals surface area contributed by atoms with Crippen molar-refractivity contribution < 1.29 is 14.6 Å². The Labute approximate surface area is 80.0 Å². The van der Waals surface area contributed by atoms with Crippen LogP contribution in [0.4, 0.5) is 0 Å². The van der Waals surface area contributed by atoms with Crippen LogP contribution in [0.25, 0.3) is 5.70 Å². The van der Waals surface area contributed by atoms with Crippen LogP contribution in [0.15, 0.2) is 36.4 Å². The van der Waals surface area contributed by atoms with E-state index in [9.17, 15) is 10.0 Å². The standard InChI is InChI=1S/C10H7NO3/c12-10(13)9-6-8(11(9)14)7-4-2-1-3-5-7/h1-6H,(H,12,13). The summed E-state index contributed by atoms with van der Waals surface area (Å²) >= 11 is 0. The minimum Gasteiger partial charge on any atom is -0.618 e. The number of carboxylic acids is 1. The van der Waals surface area contributed by atoms with Gasteiger partial charge in [-0.25, -0.2) is 4.79 Å². The summed E-state index contributed by atoms with van der Waals surface area (Å²) in [7, 11) is 0. The molecular formula is C10H7NO3. The van der Waals surface area contributed by atoms with Crippen LogP contribution in [-0.4, -0.2) is 21.5 Å². The Morgan fingerprint density at radius 2 is 1.93 bits per heavy atom. The number of hydrogen-bond acceptors (Lipinski definition) is 2. The summed E-state index contributed by atoms with van der Waals surface area (Å²) in [6, 6.07) is 8.94. The average Bonchev–Trinajstić information content (AvgIpc) is 2.17. The number of nitrogens with zero attached hydrogens (tertiary/aromatic N) is 1. The first-order chi connectivity index (χ1) is 6.70. The zero-order valence-corrected chi connectivity index (χ0v) is 7.18. The smallest absolute Gasteiger partial charge is 0.402 e. The Kier molecular flexibility index (Phi) is 1.81. The summed E-state index contributed by atoms with van der Waals surface area (Å²) in [5.74, 6) is -1.19. The van der Waals surface area contributed by atoms with E-state index in [1.165, 1.54) is 6.08 Å². The third-order valence-corrected chi connectivity index (χ3v) is 2.00. The molecule has 14 heavy (non-hydrogen) atoms. The van der Waals surface area contributed by atoms with Gasteiger partial charge < -0.3 is 10.3 Å². The zero-order chi connectivity index (χ0) is 10.1. The fraction of sp³-hybridized carbons (Fsp3) is 0. The third kappa shape index (κ3) is 1.17. The fourth-order valence-corrected chi connectivity index (χ4v) is 1.27. The predicted octanol–water partition coefficient (Wildman–Crippen LogP) is 1.08. The summed E-state index contributed by atoms with van der Waals surface area (Å²) in [6.07, 6.45) is 1.37. The molecule has 1 aromatic rings. The van der Waals surface area contributed by atoms with Crippen molar-refractivity contribution in [3.63, 3.8) is 0 Å². The molecule has 0 radical (unpaired) electrons. The topological polar surface area (TPSA) is 63.4 Å². The number of aliphatic carboxylic acids is 1. The highest BCUT2D eigenvalue weighted by Gasteiger charge is 2.31. The monoisotopic (exact) mass is 189 g/mol. The van der Waals surface area contributed by atoms with Gasteiger partial charge in [-0.2, -0.15) is 4.74 Å². The molecule has 0 aromatic heterocycles. The van der Waals surface area contributed by atoms with Crippen molar-refractivity contribution in [2.45, 2.75) is 0 Å². The molecule has 1 aromatic carbocycles. The summed E-state index contributed by atoms with van der Waals surface area (Å²) in [5, 5.41) is 19.8. The normalized spacial score (nSPS) is 14.7. The van der Waals surface area contributed by atoms with Gasteiger partial charge in [-0.15, -0.1) is 0 Å². The van der Waals surface area contributed by atoms with Crippen LogP contribution in [0.3, 0.4) is 0 Å². The van der Waals surface area contributed by atoms with E-state index in [2.05, 4.69) is 0 Å². The maximum absolute atomic E-state index is 11.2. The minimum atomic E-state index is -1.19. The van der Waals surface area contributed by atoms with Gasteiger partial charge in [0.25, 0.3) is 0 Å². The van der Waals surface area contributed by atoms with E-state index in [4.69, 9.17) is 5.11 Å². The molecule has 2 rings (SSSR count). The van der Waals surface area contributed by atoms with Crippen molar-refractivity contribution in [3.05, 3.63) is 47.2 Å². The van der Waals surface area contributed by atoms with E-state index in [0.717, 1.165) is 5.56 Å². The first-order valence-corrected chi connectivity index (χ1v) is 4.05. The van der Waals surface area contributed by atoms with E-state index in [0.29, 0.717) is 10.4 Å². The second-order valence-corrected chi connectivity index (χ2v) is 2.88. The number of hydroxylamine groups is 1. The Morgan fingerprint density at radius 1 is 1.29 bits per heavy atom. The Morgan fingerprint density at radius 3 is 2.43 bits per heavy atom. The van der Waals surface area contributed by atoms with Gasteiger partial charge in [0, 0.05) is 5.56 Å². The predicted molar refractivity (Wildman–Crippen MR) is 50.7 cm³/mol. The number of carbonyl (C=O) groups is 1. The second kappa shape index (κ2) is 2.99. The van der Waals surface area contributed by atoms with Gasteiger partial charge in [0.2, 0.25) is 5.70 Å². The van der Waals surface area contributed by atoms with Crippen molar-refractivity contribution in [3.8, 4) is 0 Å². The lowest BCUT2D eigenvalue weighted by Crippen LogP contribution is -2.29. The van der Waals surface area contributed by atoms with Crippen molar-refractivity contribution in [2.24, 2.45) is 0 Å². The molecule has 0 spiro atoms. The van der Waals surface area contributed by atoms with E-state index < -0.39 is 5.97 Å². The quantitative estimate of drug-likeness (QED) is 0.559. The number of carboxylic acid groups (broad SMARTS) is 1. The van der Waals surface area contributed by atoms with Crippen molar-refractivity contribution in [1.29, 1.82) is 0 Å². The molecule has 0 saturated heterocycles. The lowest BCUT2D eigenvalue weighted by Gasteiger charge is -2.15. The Balaban J connectivity index is 2.28.